The lowest BCUT2D eigenvalue weighted by atomic mass is 9.60. The van der Waals surface area contributed by atoms with Gasteiger partial charge in [-0.3, -0.25) is 4.79 Å². The van der Waals surface area contributed by atoms with Crippen LogP contribution in [0.1, 0.15) is 38.5 Å². The number of hydrogen-bond acceptors (Lipinski definition) is 3. The number of ketones is 1. The van der Waals surface area contributed by atoms with Crippen LogP contribution in [-0.2, 0) is 4.79 Å². The lowest BCUT2D eigenvalue weighted by molar-refractivity contribution is -0.118. The quantitative estimate of drug-likeness (QED) is 0.731. The Bertz CT molecular complexity index is 315. The number of aliphatic hydroxyl groups excluding tert-OH is 1. The molecule has 0 aromatic carbocycles. The Morgan fingerprint density at radius 3 is 2.94 bits per heavy atom. The molecule has 0 unspecified atom stereocenters. The molecule has 0 aromatic heterocycles. The summed E-state index contributed by atoms with van der Waals surface area (Å²) in [5.74, 6) is 1.03. The van der Waals surface area contributed by atoms with E-state index in [1.165, 1.54) is 0 Å². The van der Waals surface area contributed by atoms with E-state index in [1.807, 2.05) is 6.08 Å². The van der Waals surface area contributed by atoms with Crippen LogP contribution >= 0.6 is 0 Å². The van der Waals surface area contributed by atoms with Gasteiger partial charge in [0.2, 0.25) is 0 Å². The molecule has 0 saturated heterocycles. The topological polar surface area (TPSA) is 63.3 Å². The summed E-state index contributed by atoms with van der Waals surface area (Å²) >= 11 is 0. The largest absolute Gasteiger partial charge is 0.396 e. The average Bonchev–Trinajstić information content (AvgIpc) is 2.63. The lowest BCUT2D eigenvalue weighted by Crippen LogP contribution is -2.50. The van der Waals surface area contributed by atoms with E-state index in [-0.39, 0.29) is 24.0 Å². The van der Waals surface area contributed by atoms with Gasteiger partial charge < -0.3 is 10.8 Å². The maximum Gasteiger partial charge on any atom is 0.133 e. The zero-order valence-electron chi connectivity index (χ0n) is 10.4. The summed E-state index contributed by atoms with van der Waals surface area (Å²) in [5.41, 5.74) is 6.32. The molecule has 0 radical (unpaired) electrons. The Kier molecular flexibility index (Phi) is 3.69. The predicted octanol–water partition coefficient (Wildman–Crippen LogP) is 1.65. The summed E-state index contributed by atoms with van der Waals surface area (Å²) in [6, 6.07) is 0.0600. The van der Waals surface area contributed by atoms with Gasteiger partial charge in [-0.1, -0.05) is 6.08 Å². The zero-order chi connectivity index (χ0) is 12.5. The third-order valence-corrected chi connectivity index (χ3v) is 4.83. The Morgan fingerprint density at radius 1 is 1.53 bits per heavy atom. The van der Waals surface area contributed by atoms with Gasteiger partial charge in [-0.25, -0.2) is 0 Å². The molecule has 3 N–H and O–H groups in total. The molecule has 3 nitrogen and oxygen atoms in total. The molecular formula is C14H23NO2. The summed E-state index contributed by atoms with van der Waals surface area (Å²) in [6.07, 6.45) is 6.96. The molecule has 0 bridgehead atoms. The fourth-order valence-corrected chi connectivity index (χ4v) is 3.90. The maximum atomic E-state index is 11.8. The van der Waals surface area contributed by atoms with E-state index in [0.717, 1.165) is 25.7 Å². The third kappa shape index (κ3) is 2.18. The standard InChI is InChI=1S/C14H23NO2/c1-2-3-4-14-8-12(17)7-11(14)5-10(9-16)6-13(14)15/h2,10-11,13,16H,1,3-9,15H2/t10-,11-,13-,14+/m0/s1. The van der Waals surface area contributed by atoms with E-state index in [9.17, 15) is 9.90 Å². The van der Waals surface area contributed by atoms with Crippen molar-refractivity contribution in [3.8, 4) is 0 Å². The molecule has 2 aliphatic rings. The van der Waals surface area contributed by atoms with E-state index in [2.05, 4.69) is 6.58 Å². The lowest BCUT2D eigenvalue weighted by Gasteiger charge is -2.46. The van der Waals surface area contributed by atoms with Crippen molar-refractivity contribution in [3.63, 3.8) is 0 Å². The minimum Gasteiger partial charge on any atom is -0.396 e. The molecule has 0 amide bonds. The van der Waals surface area contributed by atoms with Gasteiger partial charge in [-0.15, -0.1) is 6.58 Å². The van der Waals surface area contributed by atoms with Crippen molar-refractivity contribution in [3.05, 3.63) is 12.7 Å². The first-order valence-electron chi connectivity index (χ1n) is 6.61. The van der Waals surface area contributed by atoms with Crippen LogP contribution in [0.15, 0.2) is 12.7 Å². The van der Waals surface area contributed by atoms with E-state index in [4.69, 9.17) is 5.73 Å². The van der Waals surface area contributed by atoms with Crippen LogP contribution in [0.4, 0.5) is 0 Å². The summed E-state index contributed by atoms with van der Waals surface area (Å²) in [4.78, 5) is 11.8. The summed E-state index contributed by atoms with van der Waals surface area (Å²) in [5, 5.41) is 9.30. The number of carbonyl (C=O) groups is 1. The second-order valence-electron chi connectivity index (χ2n) is 5.80. The molecular weight excluding hydrogens is 214 g/mol. The first-order chi connectivity index (χ1) is 8.12. The molecule has 0 aliphatic heterocycles. The fourth-order valence-electron chi connectivity index (χ4n) is 3.90. The Balaban J connectivity index is 2.19. The van der Waals surface area contributed by atoms with Crippen molar-refractivity contribution < 1.29 is 9.90 Å². The van der Waals surface area contributed by atoms with Crippen LogP contribution in [0.5, 0.6) is 0 Å². The number of carbonyl (C=O) groups excluding carboxylic acids is 1. The average molecular weight is 237 g/mol. The number of Topliss-reactive ketones (excluding diaryl/α,β-unsaturated/α-hetero) is 1. The molecule has 0 spiro atoms. The van der Waals surface area contributed by atoms with Gasteiger partial charge in [0.05, 0.1) is 0 Å². The van der Waals surface area contributed by atoms with E-state index < -0.39 is 0 Å². The minimum atomic E-state index is -0.00303. The second kappa shape index (κ2) is 4.91. The van der Waals surface area contributed by atoms with E-state index >= 15 is 0 Å². The molecule has 4 atom stereocenters. The molecule has 2 saturated carbocycles. The van der Waals surface area contributed by atoms with Crippen LogP contribution < -0.4 is 5.73 Å². The van der Waals surface area contributed by atoms with Crippen molar-refractivity contribution in [1.29, 1.82) is 0 Å². The van der Waals surface area contributed by atoms with E-state index in [1.54, 1.807) is 0 Å². The van der Waals surface area contributed by atoms with Crippen LogP contribution in [0.2, 0.25) is 0 Å². The van der Waals surface area contributed by atoms with Crippen molar-refractivity contribution in [1.82, 2.24) is 0 Å². The number of fused-ring (bicyclic) bond motifs is 1. The molecule has 2 rings (SSSR count). The van der Waals surface area contributed by atoms with Crippen molar-refractivity contribution in [2.75, 3.05) is 6.61 Å². The maximum absolute atomic E-state index is 11.8. The molecule has 2 fully saturated rings. The van der Waals surface area contributed by atoms with Crippen molar-refractivity contribution >= 4 is 5.78 Å². The molecule has 0 aromatic rings. The molecule has 2 aliphatic carbocycles. The second-order valence-corrected chi connectivity index (χ2v) is 5.80. The predicted molar refractivity (Wildman–Crippen MR) is 67.4 cm³/mol. The van der Waals surface area contributed by atoms with Gasteiger partial charge in [0.25, 0.3) is 0 Å². The third-order valence-electron chi connectivity index (χ3n) is 4.83. The SMILES string of the molecule is C=CCC[C@@]12CC(=O)C[C@@H]1C[C@H](CO)C[C@@H]2N. The Hall–Kier alpha value is -0.670. The highest BCUT2D eigenvalue weighted by molar-refractivity contribution is 5.82. The highest BCUT2D eigenvalue weighted by atomic mass is 16.3. The van der Waals surface area contributed by atoms with Gasteiger partial charge in [0.15, 0.2) is 0 Å². The van der Waals surface area contributed by atoms with Crippen molar-refractivity contribution in [2.45, 2.75) is 44.6 Å². The Labute approximate surface area is 103 Å². The number of aliphatic hydroxyl groups is 1. The highest BCUT2D eigenvalue weighted by Crippen LogP contribution is 2.54. The van der Waals surface area contributed by atoms with Gasteiger partial charge in [0, 0.05) is 25.5 Å². The van der Waals surface area contributed by atoms with E-state index in [0.29, 0.717) is 24.5 Å². The number of rotatable bonds is 4. The summed E-state index contributed by atoms with van der Waals surface area (Å²) < 4.78 is 0. The van der Waals surface area contributed by atoms with Crippen LogP contribution in [0.3, 0.4) is 0 Å². The van der Waals surface area contributed by atoms with Crippen molar-refractivity contribution in [2.24, 2.45) is 23.0 Å². The number of hydrogen-bond donors (Lipinski definition) is 2. The monoisotopic (exact) mass is 237 g/mol. The fraction of sp³-hybridized carbons (Fsp3) is 0.786. The number of nitrogens with two attached hydrogens (primary N) is 1. The van der Waals surface area contributed by atoms with Gasteiger partial charge in [0.1, 0.15) is 5.78 Å². The molecule has 96 valence electrons. The molecule has 17 heavy (non-hydrogen) atoms. The van der Waals surface area contributed by atoms with Crippen LogP contribution in [-0.4, -0.2) is 23.5 Å². The smallest absolute Gasteiger partial charge is 0.133 e. The van der Waals surface area contributed by atoms with Crippen LogP contribution in [0, 0.1) is 17.3 Å². The zero-order valence-corrected chi connectivity index (χ0v) is 10.4. The highest BCUT2D eigenvalue weighted by Gasteiger charge is 2.53. The first-order valence-corrected chi connectivity index (χ1v) is 6.61. The van der Waals surface area contributed by atoms with Gasteiger partial charge in [-0.2, -0.15) is 0 Å². The van der Waals surface area contributed by atoms with Gasteiger partial charge in [-0.05, 0) is 42.9 Å². The summed E-state index contributed by atoms with van der Waals surface area (Å²) in [7, 11) is 0. The van der Waals surface area contributed by atoms with Gasteiger partial charge >= 0.3 is 0 Å². The van der Waals surface area contributed by atoms with Crippen LogP contribution in [0.25, 0.3) is 0 Å². The summed E-state index contributed by atoms with van der Waals surface area (Å²) in [6.45, 7) is 3.97. The molecule has 0 heterocycles. The molecule has 3 heteroatoms. The minimum absolute atomic E-state index is 0.00303. The normalized spacial score (nSPS) is 41.3. The number of allylic oxidation sites excluding steroid dienone is 1. The first kappa shape index (κ1) is 12.8. The Morgan fingerprint density at radius 2 is 2.29 bits per heavy atom.